The third-order valence-corrected chi connectivity index (χ3v) is 5.06. The molecule has 0 aliphatic heterocycles. The van der Waals surface area contributed by atoms with Crippen LogP contribution in [-0.2, 0) is 10.0 Å². The SMILES string of the molecule is CCN(CCCNC(=O)Nc1ccc(Br)cc1Cl)S(C)(=O)=O. The minimum atomic E-state index is -3.19. The quantitative estimate of drug-likeness (QED) is 0.676. The Kier molecular flexibility index (Phi) is 7.61. The molecular formula is C13H19BrClN3O3S. The maximum Gasteiger partial charge on any atom is 0.319 e. The first-order valence-corrected chi connectivity index (χ1v) is 9.71. The normalized spacial score (nSPS) is 11.5. The van der Waals surface area contributed by atoms with Crippen LogP contribution in [0.5, 0.6) is 0 Å². The van der Waals surface area contributed by atoms with E-state index in [2.05, 4.69) is 26.6 Å². The molecule has 2 amide bonds. The van der Waals surface area contributed by atoms with Gasteiger partial charge in [-0.1, -0.05) is 34.5 Å². The molecule has 124 valence electrons. The van der Waals surface area contributed by atoms with Crippen molar-refractivity contribution < 1.29 is 13.2 Å². The summed E-state index contributed by atoms with van der Waals surface area (Å²) in [5.74, 6) is 0. The first-order valence-electron chi connectivity index (χ1n) is 6.69. The highest BCUT2D eigenvalue weighted by molar-refractivity contribution is 9.10. The van der Waals surface area contributed by atoms with Crippen LogP contribution in [0.25, 0.3) is 0 Å². The van der Waals surface area contributed by atoms with Gasteiger partial charge < -0.3 is 10.6 Å². The second-order valence-electron chi connectivity index (χ2n) is 4.61. The number of anilines is 1. The Morgan fingerprint density at radius 2 is 2.09 bits per heavy atom. The second kappa shape index (κ2) is 8.71. The number of nitrogens with one attached hydrogen (secondary N) is 2. The van der Waals surface area contributed by atoms with Gasteiger partial charge in [-0.2, -0.15) is 0 Å². The second-order valence-corrected chi connectivity index (χ2v) is 7.92. The molecule has 1 rings (SSSR count). The van der Waals surface area contributed by atoms with Crippen molar-refractivity contribution in [2.24, 2.45) is 0 Å². The van der Waals surface area contributed by atoms with Gasteiger partial charge in [-0.3, -0.25) is 0 Å². The number of carbonyl (C=O) groups excluding carboxylic acids is 1. The molecule has 0 unspecified atom stereocenters. The molecule has 0 fully saturated rings. The summed E-state index contributed by atoms with van der Waals surface area (Å²) in [6.07, 6.45) is 1.70. The number of rotatable bonds is 7. The van der Waals surface area contributed by atoms with Gasteiger partial charge in [0, 0.05) is 24.1 Å². The summed E-state index contributed by atoms with van der Waals surface area (Å²) in [6, 6.07) is 4.76. The highest BCUT2D eigenvalue weighted by atomic mass is 79.9. The monoisotopic (exact) mass is 411 g/mol. The minimum absolute atomic E-state index is 0.367. The van der Waals surface area contributed by atoms with Crippen molar-refractivity contribution in [3.8, 4) is 0 Å². The van der Waals surface area contributed by atoms with Crippen molar-refractivity contribution in [3.63, 3.8) is 0 Å². The Hall–Kier alpha value is -0.830. The summed E-state index contributed by atoms with van der Waals surface area (Å²) in [5.41, 5.74) is 0.508. The van der Waals surface area contributed by atoms with E-state index in [-0.39, 0.29) is 6.03 Å². The van der Waals surface area contributed by atoms with E-state index in [1.165, 1.54) is 10.6 Å². The Morgan fingerprint density at radius 3 is 2.64 bits per heavy atom. The molecule has 2 N–H and O–H groups in total. The lowest BCUT2D eigenvalue weighted by atomic mass is 10.3. The average molecular weight is 413 g/mol. The number of benzene rings is 1. The van der Waals surface area contributed by atoms with E-state index in [4.69, 9.17) is 11.6 Å². The van der Waals surface area contributed by atoms with Gasteiger partial charge in [0.25, 0.3) is 0 Å². The fraction of sp³-hybridized carbons (Fsp3) is 0.462. The topological polar surface area (TPSA) is 78.5 Å². The predicted octanol–water partition coefficient (Wildman–Crippen LogP) is 2.90. The van der Waals surface area contributed by atoms with Gasteiger partial charge in [-0.05, 0) is 24.6 Å². The molecule has 6 nitrogen and oxygen atoms in total. The minimum Gasteiger partial charge on any atom is -0.338 e. The molecule has 0 saturated heterocycles. The maximum absolute atomic E-state index is 11.7. The Balaban J connectivity index is 2.38. The molecule has 1 aromatic rings. The lowest BCUT2D eigenvalue weighted by molar-refractivity contribution is 0.251. The molecule has 22 heavy (non-hydrogen) atoms. The number of hydrogen-bond donors (Lipinski definition) is 2. The summed E-state index contributed by atoms with van der Waals surface area (Å²) in [6.45, 7) is 2.93. The largest absolute Gasteiger partial charge is 0.338 e. The van der Waals surface area contributed by atoms with Crippen molar-refractivity contribution in [1.82, 2.24) is 9.62 Å². The number of amides is 2. The summed E-state index contributed by atoms with van der Waals surface area (Å²) >= 11 is 9.28. The van der Waals surface area contributed by atoms with Crippen LogP contribution in [0.4, 0.5) is 10.5 Å². The van der Waals surface area contributed by atoms with Crippen LogP contribution in [-0.4, -0.2) is 44.6 Å². The van der Waals surface area contributed by atoms with Crippen LogP contribution in [0.3, 0.4) is 0 Å². The number of nitrogens with zero attached hydrogens (tertiary/aromatic N) is 1. The summed E-state index contributed by atoms with van der Waals surface area (Å²) in [7, 11) is -3.19. The zero-order valence-corrected chi connectivity index (χ0v) is 15.6. The molecule has 0 aromatic heterocycles. The summed E-state index contributed by atoms with van der Waals surface area (Å²) in [5, 5.41) is 5.73. The van der Waals surface area contributed by atoms with Crippen LogP contribution in [0.2, 0.25) is 5.02 Å². The van der Waals surface area contributed by atoms with Crippen LogP contribution in [0.1, 0.15) is 13.3 Å². The van der Waals surface area contributed by atoms with E-state index in [0.29, 0.717) is 36.8 Å². The zero-order chi connectivity index (χ0) is 16.8. The zero-order valence-electron chi connectivity index (χ0n) is 12.4. The van der Waals surface area contributed by atoms with Gasteiger partial charge in [0.05, 0.1) is 17.0 Å². The van der Waals surface area contributed by atoms with Gasteiger partial charge in [0.15, 0.2) is 0 Å². The van der Waals surface area contributed by atoms with Crippen LogP contribution in [0.15, 0.2) is 22.7 Å². The van der Waals surface area contributed by atoms with E-state index in [1.807, 2.05) is 0 Å². The number of halogens is 2. The molecule has 0 aliphatic carbocycles. The summed E-state index contributed by atoms with van der Waals surface area (Å²) in [4.78, 5) is 11.7. The first kappa shape index (κ1) is 19.2. The highest BCUT2D eigenvalue weighted by Crippen LogP contribution is 2.25. The third kappa shape index (κ3) is 6.51. The lowest BCUT2D eigenvalue weighted by Crippen LogP contribution is -2.34. The van der Waals surface area contributed by atoms with Gasteiger partial charge in [0.1, 0.15) is 0 Å². The molecule has 0 spiro atoms. The first-order chi connectivity index (χ1) is 10.2. The molecule has 0 atom stereocenters. The number of hydrogen-bond acceptors (Lipinski definition) is 3. The van der Waals surface area contributed by atoms with E-state index in [9.17, 15) is 13.2 Å². The van der Waals surface area contributed by atoms with Crippen molar-refractivity contribution in [3.05, 3.63) is 27.7 Å². The molecule has 1 aromatic carbocycles. The summed E-state index contributed by atoms with van der Waals surface area (Å²) < 4.78 is 25.0. The van der Waals surface area contributed by atoms with E-state index in [0.717, 1.165) is 4.47 Å². The molecular weight excluding hydrogens is 394 g/mol. The molecule has 0 bridgehead atoms. The molecule has 0 aliphatic rings. The van der Waals surface area contributed by atoms with Gasteiger partial charge in [0.2, 0.25) is 10.0 Å². The van der Waals surface area contributed by atoms with E-state index >= 15 is 0 Å². The Bertz CT molecular complexity index is 625. The molecule has 0 saturated carbocycles. The van der Waals surface area contributed by atoms with Crippen molar-refractivity contribution >= 4 is 49.3 Å². The highest BCUT2D eigenvalue weighted by Gasteiger charge is 2.13. The fourth-order valence-electron chi connectivity index (χ4n) is 1.77. The lowest BCUT2D eigenvalue weighted by Gasteiger charge is -2.17. The van der Waals surface area contributed by atoms with Crippen LogP contribution < -0.4 is 10.6 Å². The predicted molar refractivity (Wildman–Crippen MR) is 92.9 cm³/mol. The number of sulfonamides is 1. The standard InChI is InChI=1S/C13H19BrClN3O3S/c1-3-18(22(2,20)21)8-4-7-16-13(19)17-12-6-5-10(14)9-11(12)15/h5-6,9H,3-4,7-8H2,1-2H3,(H2,16,17,19). The maximum atomic E-state index is 11.7. The van der Waals surface area contributed by atoms with Gasteiger partial charge >= 0.3 is 6.03 Å². The third-order valence-electron chi connectivity index (χ3n) is 2.87. The van der Waals surface area contributed by atoms with Gasteiger partial charge in [-0.25, -0.2) is 17.5 Å². The average Bonchev–Trinajstić information content (AvgIpc) is 2.40. The van der Waals surface area contributed by atoms with Gasteiger partial charge in [-0.15, -0.1) is 0 Å². The van der Waals surface area contributed by atoms with Crippen molar-refractivity contribution in [2.75, 3.05) is 31.2 Å². The molecule has 0 heterocycles. The fourth-order valence-corrected chi connectivity index (χ4v) is 3.42. The van der Waals surface area contributed by atoms with E-state index in [1.54, 1.807) is 25.1 Å². The molecule has 9 heteroatoms. The van der Waals surface area contributed by atoms with Crippen molar-refractivity contribution in [1.29, 1.82) is 0 Å². The Morgan fingerprint density at radius 1 is 1.41 bits per heavy atom. The smallest absolute Gasteiger partial charge is 0.319 e. The molecule has 0 radical (unpaired) electrons. The van der Waals surface area contributed by atoms with Crippen LogP contribution >= 0.6 is 27.5 Å². The van der Waals surface area contributed by atoms with E-state index < -0.39 is 10.0 Å². The Labute approximate surface area is 144 Å². The number of carbonyl (C=O) groups is 1. The van der Waals surface area contributed by atoms with Crippen LogP contribution in [0, 0.1) is 0 Å². The number of urea groups is 1. The van der Waals surface area contributed by atoms with Crippen molar-refractivity contribution in [2.45, 2.75) is 13.3 Å².